The summed E-state index contributed by atoms with van der Waals surface area (Å²) in [6, 6.07) is 21.6. The van der Waals surface area contributed by atoms with E-state index in [4.69, 9.17) is 9.47 Å². The molecule has 4 rings (SSSR count). The Balaban J connectivity index is 1.51. The number of anilines is 2. The van der Waals surface area contributed by atoms with Crippen molar-refractivity contribution in [3.8, 4) is 11.5 Å². The Bertz CT molecular complexity index is 1030. The van der Waals surface area contributed by atoms with Crippen molar-refractivity contribution in [2.24, 2.45) is 0 Å². The second-order valence-corrected chi connectivity index (χ2v) is 6.33. The molecule has 0 atom stereocenters. The lowest BCUT2D eigenvalue weighted by molar-refractivity contribution is 0.0993. The molecule has 1 aliphatic heterocycles. The van der Waals surface area contributed by atoms with Gasteiger partial charge in [0.15, 0.2) is 5.75 Å². The fraction of sp³-hybridized carbons (Fsp3) is 0.0909. The van der Waals surface area contributed by atoms with Gasteiger partial charge in [-0.3, -0.25) is 10.1 Å². The zero-order valence-electron chi connectivity index (χ0n) is 15.2. The Kier molecular flexibility index (Phi) is 4.68. The number of ether oxygens (including phenoxy) is 2. The highest BCUT2D eigenvalue weighted by Crippen LogP contribution is 2.38. The molecule has 6 nitrogen and oxygen atoms in total. The Morgan fingerprint density at radius 3 is 2.57 bits per heavy atom. The highest BCUT2D eigenvalue weighted by molar-refractivity contribution is 6.10. The van der Waals surface area contributed by atoms with Gasteiger partial charge in [0, 0.05) is 12.7 Å². The summed E-state index contributed by atoms with van der Waals surface area (Å²) in [5.74, 6) is 0.811. The standard InChI is InChI=1S/C22H18N2O4/c1-24-18-9-5-6-10-20(18)28-19-12-11-16(13-17(19)21(24)25)23-22(26)27-14-15-7-3-2-4-8-15/h2-13H,14H2,1H3,(H,23,26). The summed E-state index contributed by atoms with van der Waals surface area (Å²) < 4.78 is 11.1. The molecule has 140 valence electrons. The van der Waals surface area contributed by atoms with Gasteiger partial charge in [0.2, 0.25) is 0 Å². The maximum Gasteiger partial charge on any atom is 0.411 e. The second kappa shape index (κ2) is 7.44. The number of nitrogens with zero attached hydrogens (tertiary/aromatic N) is 1. The SMILES string of the molecule is CN1C(=O)c2cc(NC(=O)OCc3ccccc3)ccc2Oc2ccccc21. The van der Waals surface area contributed by atoms with Gasteiger partial charge in [0.25, 0.3) is 5.91 Å². The van der Waals surface area contributed by atoms with Crippen LogP contribution >= 0.6 is 0 Å². The van der Waals surface area contributed by atoms with E-state index >= 15 is 0 Å². The number of hydrogen-bond donors (Lipinski definition) is 1. The van der Waals surface area contributed by atoms with Crippen molar-refractivity contribution in [2.45, 2.75) is 6.61 Å². The predicted molar refractivity (Wildman–Crippen MR) is 106 cm³/mol. The molecule has 0 aromatic heterocycles. The summed E-state index contributed by atoms with van der Waals surface area (Å²) in [6.07, 6.45) is -0.595. The van der Waals surface area contributed by atoms with Gasteiger partial charge in [-0.2, -0.15) is 0 Å². The van der Waals surface area contributed by atoms with E-state index in [0.29, 0.717) is 28.4 Å². The molecule has 1 N–H and O–H groups in total. The van der Waals surface area contributed by atoms with Crippen LogP contribution in [-0.2, 0) is 11.3 Å². The molecule has 0 saturated heterocycles. The van der Waals surface area contributed by atoms with Crippen molar-refractivity contribution in [1.82, 2.24) is 0 Å². The van der Waals surface area contributed by atoms with Crippen molar-refractivity contribution in [2.75, 3.05) is 17.3 Å². The summed E-state index contributed by atoms with van der Waals surface area (Å²) in [5, 5.41) is 2.65. The summed E-state index contributed by atoms with van der Waals surface area (Å²) in [6.45, 7) is 0.164. The number of para-hydroxylation sites is 2. The summed E-state index contributed by atoms with van der Waals surface area (Å²) in [7, 11) is 1.69. The maximum atomic E-state index is 12.8. The van der Waals surface area contributed by atoms with Gasteiger partial charge in [-0.1, -0.05) is 42.5 Å². The molecule has 0 aliphatic carbocycles. The number of rotatable bonds is 3. The average molecular weight is 374 g/mol. The Morgan fingerprint density at radius 2 is 1.75 bits per heavy atom. The zero-order valence-corrected chi connectivity index (χ0v) is 15.2. The van der Waals surface area contributed by atoms with Crippen LogP contribution in [0.4, 0.5) is 16.2 Å². The van der Waals surface area contributed by atoms with Crippen LogP contribution in [0.3, 0.4) is 0 Å². The number of nitrogens with one attached hydrogen (secondary N) is 1. The van der Waals surface area contributed by atoms with E-state index in [9.17, 15) is 9.59 Å². The number of hydrogen-bond acceptors (Lipinski definition) is 4. The van der Waals surface area contributed by atoms with Crippen LogP contribution in [0.15, 0.2) is 72.8 Å². The molecule has 1 heterocycles. The van der Waals surface area contributed by atoms with Gasteiger partial charge in [-0.05, 0) is 35.9 Å². The van der Waals surface area contributed by atoms with Crippen LogP contribution in [0.1, 0.15) is 15.9 Å². The Labute approximate surface area is 162 Å². The lowest BCUT2D eigenvalue weighted by Crippen LogP contribution is -2.25. The molecule has 6 heteroatoms. The number of carbonyl (C=O) groups excluding carboxylic acids is 2. The van der Waals surface area contributed by atoms with E-state index in [1.807, 2.05) is 48.5 Å². The van der Waals surface area contributed by atoms with Gasteiger partial charge in [-0.25, -0.2) is 4.79 Å². The molecule has 3 aromatic rings. The third kappa shape index (κ3) is 3.53. The van der Waals surface area contributed by atoms with Crippen LogP contribution < -0.4 is 15.0 Å². The highest BCUT2D eigenvalue weighted by atomic mass is 16.5. The van der Waals surface area contributed by atoms with Crippen LogP contribution in [0.25, 0.3) is 0 Å². The second-order valence-electron chi connectivity index (χ2n) is 6.33. The quantitative estimate of drug-likeness (QED) is 0.714. The molecule has 1 aliphatic rings. The van der Waals surface area contributed by atoms with E-state index < -0.39 is 6.09 Å². The first-order chi connectivity index (χ1) is 13.6. The van der Waals surface area contributed by atoms with Gasteiger partial charge in [-0.15, -0.1) is 0 Å². The lowest BCUT2D eigenvalue weighted by atomic mass is 10.1. The summed E-state index contributed by atoms with van der Waals surface area (Å²) in [4.78, 5) is 26.5. The minimum atomic E-state index is -0.595. The van der Waals surface area contributed by atoms with Crippen LogP contribution in [-0.4, -0.2) is 19.0 Å². The van der Waals surface area contributed by atoms with Gasteiger partial charge in [0.05, 0.1) is 11.3 Å². The lowest BCUT2D eigenvalue weighted by Gasteiger charge is -2.16. The third-order valence-corrected chi connectivity index (χ3v) is 4.42. The summed E-state index contributed by atoms with van der Waals surface area (Å²) in [5.41, 5.74) is 2.38. The van der Waals surface area contributed by atoms with Gasteiger partial charge in [0.1, 0.15) is 12.4 Å². The van der Waals surface area contributed by atoms with Crippen molar-refractivity contribution in [1.29, 1.82) is 0 Å². The molecule has 0 fully saturated rings. The summed E-state index contributed by atoms with van der Waals surface area (Å²) >= 11 is 0. The smallest absolute Gasteiger partial charge is 0.411 e. The largest absolute Gasteiger partial charge is 0.454 e. The van der Waals surface area contributed by atoms with Crippen molar-refractivity contribution in [3.63, 3.8) is 0 Å². The average Bonchev–Trinajstić information content (AvgIpc) is 2.83. The minimum absolute atomic E-state index is 0.164. The predicted octanol–water partition coefficient (Wildman–Crippen LogP) is 4.82. The number of carbonyl (C=O) groups is 2. The first kappa shape index (κ1) is 17.6. The van der Waals surface area contributed by atoms with E-state index in [-0.39, 0.29) is 12.5 Å². The fourth-order valence-electron chi connectivity index (χ4n) is 2.97. The van der Waals surface area contributed by atoms with Crippen LogP contribution in [0.2, 0.25) is 0 Å². The fourth-order valence-corrected chi connectivity index (χ4v) is 2.97. The van der Waals surface area contributed by atoms with E-state index in [2.05, 4.69) is 5.32 Å². The molecule has 0 bridgehead atoms. The van der Waals surface area contributed by atoms with E-state index in [1.165, 1.54) is 4.90 Å². The highest BCUT2D eigenvalue weighted by Gasteiger charge is 2.25. The molecular formula is C22H18N2O4. The Morgan fingerprint density at radius 1 is 1.00 bits per heavy atom. The maximum absolute atomic E-state index is 12.8. The molecule has 0 radical (unpaired) electrons. The topological polar surface area (TPSA) is 67.9 Å². The molecule has 0 unspecified atom stereocenters. The van der Waals surface area contributed by atoms with Crippen LogP contribution in [0, 0.1) is 0 Å². The third-order valence-electron chi connectivity index (χ3n) is 4.42. The molecule has 28 heavy (non-hydrogen) atoms. The molecular weight excluding hydrogens is 356 g/mol. The number of fused-ring (bicyclic) bond motifs is 2. The number of amides is 2. The normalized spacial score (nSPS) is 12.3. The first-order valence-corrected chi connectivity index (χ1v) is 8.78. The Hall–Kier alpha value is -3.80. The first-order valence-electron chi connectivity index (χ1n) is 8.78. The van der Waals surface area contributed by atoms with Crippen molar-refractivity contribution in [3.05, 3.63) is 83.9 Å². The van der Waals surface area contributed by atoms with E-state index in [1.54, 1.807) is 31.3 Å². The zero-order chi connectivity index (χ0) is 19.5. The van der Waals surface area contributed by atoms with Crippen molar-refractivity contribution >= 4 is 23.4 Å². The van der Waals surface area contributed by atoms with Gasteiger partial charge >= 0.3 is 6.09 Å². The molecule has 3 aromatic carbocycles. The monoisotopic (exact) mass is 374 g/mol. The van der Waals surface area contributed by atoms with Crippen molar-refractivity contribution < 1.29 is 19.1 Å². The molecule has 0 spiro atoms. The minimum Gasteiger partial charge on any atom is -0.454 e. The van der Waals surface area contributed by atoms with Gasteiger partial charge < -0.3 is 14.4 Å². The van der Waals surface area contributed by atoms with Crippen LogP contribution in [0.5, 0.6) is 11.5 Å². The molecule has 0 saturated carbocycles. The van der Waals surface area contributed by atoms with E-state index in [0.717, 1.165) is 5.56 Å². The number of benzene rings is 3. The molecule has 2 amide bonds.